The second-order valence-electron chi connectivity index (χ2n) is 3.30. The highest BCUT2D eigenvalue weighted by Crippen LogP contribution is 2.26. The molecule has 1 rings (SSSR count). The van der Waals surface area contributed by atoms with Crippen LogP contribution < -0.4 is 0 Å². The van der Waals surface area contributed by atoms with Crippen LogP contribution in [0.5, 0.6) is 0 Å². The number of hydrogen-bond donors (Lipinski definition) is 1. The van der Waals surface area contributed by atoms with Crippen molar-refractivity contribution in [2.24, 2.45) is 4.99 Å². The van der Waals surface area contributed by atoms with Crippen molar-refractivity contribution in [1.29, 1.82) is 0 Å². The Kier molecular flexibility index (Phi) is 2.31. The van der Waals surface area contributed by atoms with Crippen LogP contribution in [0.1, 0.15) is 26.7 Å². The highest BCUT2D eigenvalue weighted by Gasteiger charge is 2.26. The van der Waals surface area contributed by atoms with Gasteiger partial charge in [0.25, 0.3) is 0 Å². The number of hydrogen-bond acceptors (Lipinski definition) is 2. The summed E-state index contributed by atoms with van der Waals surface area (Å²) >= 11 is 0. The van der Waals surface area contributed by atoms with E-state index in [4.69, 9.17) is 5.11 Å². The Labute approximate surface area is 71.8 Å². The van der Waals surface area contributed by atoms with Crippen molar-refractivity contribution in [3.8, 4) is 0 Å². The van der Waals surface area contributed by atoms with Gasteiger partial charge in [-0.2, -0.15) is 0 Å². The van der Waals surface area contributed by atoms with Gasteiger partial charge in [-0.25, -0.2) is 4.79 Å². The predicted molar refractivity (Wildman–Crippen MR) is 47.5 cm³/mol. The second kappa shape index (κ2) is 3.09. The molecule has 1 heterocycles. The van der Waals surface area contributed by atoms with E-state index < -0.39 is 5.97 Å². The zero-order chi connectivity index (χ0) is 9.19. The summed E-state index contributed by atoms with van der Waals surface area (Å²) in [5.74, 6) is -0.833. The molecule has 0 saturated heterocycles. The molecule has 1 unspecified atom stereocenters. The fraction of sp³-hybridized carbons (Fsp3) is 0.556. The summed E-state index contributed by atoms with van der Waals surface area (Å²) in [6.07, 6.45) is 4.57. The average Bonchev–Trinajstić information content (AvgIpc) is 2.05. The monoisotopic (exact) mass is 167 g/mol. The van der Waals surface area contributed by atoms with Crippen LogP contribution in [0.15, 0.2) is 16.6 Å². The van der Waals surface area contributed by atoms with Crippen molar-refractivity contribution < 1.29 is 9.90 Å². The molecule has 0 radical (unpaired) electrons. The van der Waals surface area contributed by atoms with Gasteiger partial charge < -0.3 is 5.11 Å². The largest absolute Gasteiger partial charge is 0.478 e. The van der Waals surface area contributed by atoms with Gasteiger partial charge in [-0.3, -0.25) is 4.99 Å². The van der Waals surface area contributed by atoms with E-state index in [9.17, 15) is 4.79 Å². The highest BCUT2D eigenvalue weighted by molar-refractivity contribution is 5.93. The Morgan fingerprint density at radius 1 is 1.83 bits per heavy atom. The fourth-order valence-corrected chi connectivity index (χ4v) is 1.19. The van der Waals surface area contributed by atoms with Crippen molar-refractivity contribution in [2.75, 3.05) is 0 Å². The smallest absolute Gasteiger partial charge is 0.331 e. The molecule has 1 atom stereocenters. The molecular formula is C9H13NO2. The summed E-state index contributed by atoms with van der Waals surface area (Å²) in [4.78, 5) is 14.9. The minimum Gasteiger partial charge on any atom is -0.478 e. The number of carbonyl (C=O) groups is 1. The molecular weight excluding hydrogens is 154 g/mol. The zero-order valence-electron chi connectivity index (χ0n) is 7.37. The van der Waals surface area contributed by atoms with E-state index in [1.165, 1.54) is 0 Å². The molecule has 1 aliphatic heterocycles. The van der Waals surface area contributed by atoms with Crippen molar-refractivity contribution in [3.05, 3.63) is 11.6 Å². The van der Waals surface area contributed by atoms with Crippen LogP contribution in [0, 0.1) is 0 Å². The Morgan fingerprint density at radius 2 is 2.50 bits per heavy atom. The summed E-state index contributed by atoms with van der Waals surface area (Å²) in [6, 6.07) is 0. The molecule has 0 aromatic heterocycles. The first-order valence-corrected chi connectivity index (χ1v) is 4.05. The van der Waals surface area contributed by atoms with Crippen LogP contribution in [0.4, 0.5) is 0 Å². The molecule has 0 bridgehead atoms. The van der Waals surface area contributed by atoms with E-state index in [0.29, 0.717) is 12.0 Å². The Hall–Kier alpha value is -1.12. The maximum absolute atomic E-state index is 10.6. The van der Waals surface area contributed by atoms with E-state index in [-0.39, 0.29) is 5.54 Å². The maximum atomic E-state index is 10.6. The van der Waals surface area contributed by atoms with Gasteiger partial charge in [0.05, 0.1) is 5.54 Å². The SMILES string of the molecule is CCC1(C)CC(C(=O)O)=CC=N1. The molecule has 0 fully saturated rings. The number of nitrogens with zero attached hydrogens (tertiary/aromatic N) is 1. The molecule has 66 valence electrons. The van der Waals surface area contributed by atoms with E-state index >= 15 is 0 Å². The van der Waals surface area contributed by atoms with E-state index in [0.717, 1.165) is 6.42 Å². The van der Waals surface area contributed by atoms with Gasteiger partial charge in [0.1, 0.15) is 0 Å². The van der Waals surface area contributed by atoms with E-state index in [1.807, 2.05) is 13.8 Å². The van der Waals surface area contributed by atoms with Crippen molar-refractivity contribution in [3.63, 3.8) is 0 Å². The van der Waals surface area contributed by atoms with E-state index in [2.05, 4.69) is 4.99 Å². The molecule has 3 nitrogen and oxygen atoms in total. The molecule has 0 amide bonds. The first-order chi connectivity index (χ1) is 5.57. The first kappa shape index (κ1) is 8.97. The number of carboxylic acid groups (broad SMARTS) is 1. The normalized spacial score (nSPS) is 28.3. The minimum atomic E-state index is -0.833. The molecule has 1 N–H and O–H groups in total. The zero-order valence-corrected chi connectivity index (χ0v) is 7.37. The van der Waals surface area contributed by atoms with Crippen LogP contribution in [-0.2, 0) is 4.79 Å². The maximum Gasteiger partial charge on any atom is 0.331 e. The lowest BCUT2D eigenvalue weighted by Gasteiger charge is -2.25. The third kappa shape index (κ3) is 1.72. The number of rotatable bonds is 2. The van der Waals surface area contributed by atoms with Crippen molar-refractivity contribution in [2.45, 2.75) is 32.2 Å². The third-order valence-electron chi connectivity index (χ3n) is 2.27. The lowest BCUT2D eigenvalue weighted by molar-refractivity contribution is -0.133. The molecule has 0 aromatic carbocycles. The van der Waals surface area contributed by atoms with Crippen LogP contribution in [0.25, 0.3) is 0 Å². The molecule has 0 aromatic rings. The number of dihydropyridines is 1. The topological polar surface area (TPSA) is 49.7 Å². The van der Waals surface area contributed by atoms with Gasteiger partial charge in [0.15, 0.2) is 0 Å². The molecule has 0 spiro atoms. The van der Waals surface area contributed by atoms with Crippen molar-refractivity contribution >= 4 is 12.2 Å². The lowest BCUT2D eigenvalue weighted by Crippen LogP contribution is -2.26. The minimum absolute atomic E-state index is 0.206. The molecule has 3 heteroatoms. The Morgan fingerprint density at radius 3 is 3.00 bits per heavy atom. The second-order valence-corrected chi connectivity index (χ2v) is 3.30. The van der Waals surface area contributed by atoms with Gasteiger partial charge >= 0.3 is 5.97 Å². The summed E-state index contributed by atoms with van der Waals surface area (Å²) in [5.41, 5.74) is 0.247. The van der Waals surface area contributed by atoms with Crippen molar-refractivity contribution in [1.82, 2.24) is 0 Å². The average molecular weight is 167 g/mol. The number of aliphatic carboxylic acids is 1. The summed E-state index contributed by atoms with van der Waals surface area (Å²) < 4.78 is 0. The van der Waals surface area contributed by atoms with Gasteiger partial charge in [0.2, 0.25) is 0 Å². The Bertz CT molecular complexity index is 255. The summed E-state index contributed by atoms with van der Waals surface area (Å²) in [5, 5.41) is 8.74. The van der Waals surface area contributed by atoms with Crippen LogP contribution in [-0.4, -0.2) is 22.8 Å². The fourth-order valence-electron chi connectivity index (χ4n) is 1.19. The quantitative estimate of drug-likeness (QED) is 0.679. The predicted octanol–water partition coefficient (Wildman–Crippen LogP) is 1.64. The third-order valence-corrected chi connectivity index (χ3v) is 2.27. The summed E-state index contributed by atoms with van der Waals surface area (Å²) in [6.45, 7) is 3.99. The van der Waals surface area contributed by atoms with E-state index in [1.54, 1.807) is 12.3 Å². The molecule has 12 heavy (non-hydrogen) atoms. The van der Waals surface area contributed by atoms with Crippen LogP contribution in [0.3, 0.4) is 0 Å². The standard InChI is InChI=1S/C9H13NO2/c1-3-9(2)6-7(8(11)12)4-5-10-9/h4-5H,3,6H2,1-2H3,(H,11,12). The molecule has 0 saturated carbocycles. The van der Waals surface area contributed by atoms with Crippen LogP contribution >= 0.6 is 0 Å². The Balaban J connectivity index is 2.80. The van der Waals surface area contributed by atoms with Gasteiger partial charge in [-0.15, -0.1) is 0 Å². The van der Waals surface area contributed by atoms with Crippen LogP contribution in [0.2, 0.25) is 0 Å². The lowest BCUT2D eigenvalue weighted by atomic mass is 9.89. The van der Waals surface area contributed by atoms with Gasteiger partial charge in [-0.1, -0.05) is 6.92 Å². The first-order valence-electron chi connectivity index (χ1n) is 4.05. The highest BCUT2D eigenvalue weighted by atomic mass is 16.4. The number of aliphatic imine (C=N–C) groups is 1. The van der Waals surface area contributed by atoms with Gasteiger partial charge in [0, 0.05) is 18.2 Å². The molecule has 1 aliphatic rings. The molecule has 0 aliphatic carbocycles. The summed E-state index contributed by atoms with van der Waals surface area (Å²) in [7, 11) is 0. The van der Waals surface area contributed by atoms with Gasteiger partial charge in [-0.05, 0) is 19.4 Å². The number of allylic oxidation sites excluding steroid dienone is 1. The number of carboxylic acids is 1.